The van der Waals surface area contributed by atoms with Gasteiger partial charge < -0.3 is 25.5 Å². The highest BCUT2D eigenvalue weighted by Gasteiger charge is 2.25. The summed E-state index contributed by atoms with van der Waals surface area (Å²) in [6.45, 7) is 1.88. The van der Waals surface area contributed by atoms with Gasteiger partial charge in [0.05, 0.1) is 34.3 Å². The van der Waals surface area contributed by atoms with Gasteiger partial charge in [-0.2, -0.15) is 0 Å². The molecule has 14 heteroatoms. The van der Waals surface area contributed by atoms with Gasteiger partial charge in [-0.05, 0) is 60.5 Å². The number of benzene rings is 2. The number of nitro benzene ring substituents is 1. The molecule has 4 aromatic rings. The van der Waals surface area contributed by atoms with Crippen LogP contribution in [0.5, 0.6) is 0 Å². The predicted octanol–water partition coefficient (Wildman–Crippen LogP) is 3.94. The molecule has 1 atom stereocenters. The van der Waals surface area contributed by atoms with E-state index in [4.69, 9.17) is 0 Å². The normalized spacial score (nSPS) is 13.6. The largest absolute Gasteiger partial charge is 0.481 e. The first-order chi connectivity index (χ1) is 22.7. The second kappa shape index (κ2) is 14.7. The van der Waals surface area contributed by atoms with E-state index >= 15 is 0 Å². The van der Waals surface area contributed by atoms with Gasteiger partial charge in [-0.25, -0.2) is 0 Å². The van der Waals surface area contributed by atoms with Crippen molar-refractivity contribution in [2.24, 2.45) is 0 Å². The van der Waals surface area contributed by atoms with Crippen molar-refractivity contribution in [3.63, 3.8) is 0 Å². The minimum absolute atomic E-state index is 0.136. The Bertz CT molecular complexity index is 1770. The Kier molecular flexibility index (Phi) is 10.1. The number of nitrogens with one attached hydrogen (secondary N) is 2. The first-order valence-electron chi connectivity index (χ1n) is 14.8. The van der Waals surface area contributed by atoms with Crippen molar-refractivity contribution in [3.8, 4) is 0 Å². The third-order valence-electron chi connectivity index (χ3n) is 7.65. The highest BCUT2D eigenvalue weighted by molar-refractivity contribution is 6.07. The number of aliphatic carboxylic acids is 1. The number of hydrogen-bond acceptors (Lipinski definition) is 9. The maximum absolute atomic E-state index is 13.5. The highest BCUT2D eigenvalue weighted by atomic mass is 16.6. The molecule has 240 valence electrons. The minimum Gasteiger partial charge on any atom is -0.481 e. The van der Waals surface area contributed by atoms with E-state index in [1.165, 1.54) is 42.7 Å². The van der Waals surface area contributed by atoms with Crippen molar-refractivity contribution < 1.29 is 29.2 Å². The molecule has 0 bridgehead atoms. The Hall–Kier alpha value is -6.18. The zero-order chi connectivity index (χ0) is 33.3. The molecule has 3 N–H and O–H groups in total. The molecule has 1 unspecified atom stereocenters. The fraction of sp³-hybridized carbons (Fsp3) is 0.212. The molecular formula is C33H31N7O7. The van der Waals surface area contributed by atoms with Crippen LogP contribution in [0.2, 0.25) is 0 Å². The van der Waals surface area contributed by atoms with Crippen LogP contribution in [0, 0.1) is 10.1 Å². The van der Waals surface area contributed by atoms with Crippen LogP contribution in [0.25, 0.3) is 0 Å². The molecule has 47 heavy (non-hydrogen) atoms. The van der Waals surface area contributed by atoms with E-state index in [1.54, 1.807) is 53.7 Å². The predicted molar refractivity (Wildman–Crippen MR) is 171 cm³/mol. The first kappa shape index (κ1) is 32.2. The summed E-state index contributed by atoms with van der Waals surface area (Å²) in [6.07, 6.45) is 6.40. The smallest absolute Gasteiger partial charge is 0.305 e. The van der Waals surface area contributed by atoms with Crippen LogP contribution in [0.15, 0.2) is 91.5 Å². The summed E-state index contributed by atoms with van der Waals surface area (Å²) in [4.78, 5) is 73.8. The molecule has 1 saturated heterocycles. The molecule has 2 aromatic carbocycles. The fourth-order valence-electron chi connectivity index (χ4n) is 5.27. The number of nitro groups is 1. The molecule has 0 saturated carbocycles. The molecule has 0 spiro atoms. The summed E-state index contributed by atoms with van der Waals surface area (Å²) in [5.74, 6) is -2.37. The molecule has 2 aromatic heterocycles. The van der Waals surface area contributed by atoms with Gasteiger partial charge in [-0.3, -0.25) is 39.3 Å². The number of pyridine rings is 2. The Morgan fingerprint density at radius 3 is 2.23 bits per heavy atom. The maximum atomic E-state index is 13.5. The van der Waals surface area contributed by atoms with Crippen LogP contribution in [-0.2, 0) is 4.79 Å². The lowest BCUT2D eigenvalue weighted by Crippen LogP contribution is -2.35. The SMILES string of the molecule is O=C(O)CC(NC(=O)c1ccc(N2CCCN(C(=O)c3cccnc3)CC2)c(NC(=O)c2ccc([N+](=O)[O-])cc2)c1)c1cccnc1. The van der Waals surface area contributed by atoms with Crippen molar-refractivity contribution in [1.29, 1.82) is 0 Å². The Balaban J connectivity index is 1.42. The van der Waals surface area contributed by atoms with Gasteiger partial charge >= 0.3 is 5.97 Å². The van der Waals surface area contributed by atoms with Crippen molar-refractivity contribution in [1.82, 2.24) is 20.2 Å². The van der Waals surface area contributed by atoms with E-state index in [1.807, 2.05) is 4.90 Å². The Morgan fingerprint density at radius 2 is 1.57 bits per heavy atom. The van der Waals surface area contributed by atoms with Crippen LogP contribution in [0.3, 0.4) is 0 Å². The third-order valence-corrected chi connectivity index (χ3v) is 7.65. The number of anilines is 2. The third kappa shape index (κ3) is 8.11. The molecular weight excluding hydrogens is 606 g/mol. The zero-order valence-corrected chi connectivity index (χ0v) is 25.1. The average Bonchev–Trinajstić information content (AvgIpc) is 3.34. The van der Waals surface area contributed by atoms with Gasteiger partial charge in [0, 0.05) is 74.2 Å². The van der Waals surface area contributed by atoms with Crippen molar-refractivity contribution in [3.05, 3.63) is 124 Å². The molecule has 3 amide bonds. The lowest BCUT2D eigenvalue weighted by molar-refractivity contribution is -0.384. The van der Waals surface area contributed by atoms with Gasteiger partial charge in [0.25, 0.3) is 23.4 Å². The second-order valence-corrected chi connectivity index (χ2v) is 10.8. The number of aromatic nitrogens is 2. The molecule has 0 aliphatic carbocycles. The number of carbonyl (C=O) groups excluding carboxylic acids is 3. The van der Waals surface area contributed by atoms with Gasteiger partial charge in [0.1, 0.15) is 0 Å². The Labute approximate surface area is 269 Å². The molecule has 3 heterocycles. The zero-order valence-electron chi connectivity index (χ0n) is 25.1. The molecule has 1 aliphatic heterocycles. The second-order valence-electron chi connectivity index (χ2n) is 10.8. The highest BCUT2D eigenvalue weighted by Crippen LogP contribution is 2.30. The summed E-state index contributed by atoms with van der Waals surface area (Å²) in [6, 6.07) is 15.8. The van der Waals surface area contributed by atoms with Crippen LogP contribution in [0.4, 0.5) is 17.1 Å². The van der Waals surface area contributed by atoms with E-state index < -0.39 is 28.7 Å². The van der Waals surface area contributed by atoms with Gasteiger partial charge in [-0.1, -0.05) is 6.07 Å². The van der Waals surface area contributed by atoms with Gasteiger partial charge in [0.15, 0.2) is 0 Å². The number of nitrogens with zero attached hydrogens (tertiary/aromatic N) is 5. The van der Waals surface area contributed by atoms with E-state index in [0.717, 1.165) is 0 Å². The van der Waals surface area contributed by atoms with E-state index in [9.17, 15) is 34.4 Å². The summed E-state index contributed by atoms with van der Waals surface area (Å²) < 4.78 is 0. The lowest BCUT2D eigenvalue weighted by atomic mass is 10.0. The minimum atomic E-state index is -1.11. The van der Waals surface area contributed by atoms with E-state index in [0.29, 0.717) is 55.1 Å². The summed E-state index contributed by atoms with van der Waals surface area (Å²) >= 11 is 0. The first-order valence-corrected chi connectivity index (χ1v) is 14.8. The van der Waals surface area contributed by atoms with Crippen molar-refractivity contribution >= 4 is 40.8 Å². The number of non-ortho nitro benzene ring substituents is 1. The van der Waals surface area contributed by atoms with Crippen LogP contribution in [0.1, 0.15) is 55.5 Å². The van der Waals surface area contributed by atoms with Crippen molar-refractivity contribution in [2.45, 2.75) is 18.9 Å². The summed E-state index contributed by atoms with van der Waals surface area (Å²) in [7, 11) is 0. The molecule has 14 nitrogen and oxygen atoms in total. The average molecular weight is 638 g/mol. The summed E-state index contributed by atoms with van der Waals surface area (Å²) in [5.41, 5.74) is 2.06. The number of rotatable bonds is 10. The van der Waals surface area contributed by atoms with Gasteiger partial charge in [0.2, 0.25) is 0 Å². The van der Waals surface area contributed by atoms with Crippen molar-refractivity contribution in [2.75, 3.05) is 36.4 Å². The van der Waals surface area contributed by atoms with Crippen LogP contribution in [-0.4, -0.2) is 74.8 Å². The maximum Gasteiger partial charge on any atom is 0.305 e. The molecule has 5 rings (SSSR count). The van der Waals surface area contributed by atoms with E-state index in [-0.39, 0.29) is 29.1 Å². The fourth-order valence-corrected chi connectivity index (χ4v) is 5.27. The number of amides is 3. The molecule has 0 radical (unpaired) electrons. The topological polar surface area (TPSA) is 188 Å². The Morgan fingerprint density at radius 1 is 0.851 bits per heavy atom. The monoisotopic (exact) mass is 637 g/mol. The van der Waals surface area contributed by atoms with Gasteiger partial charge in [-0.15, -0.1) is 0 Å². The number of carbonyl (C=O) groups is 4. The molecule has 1 aliphatic rings. The number of carboxylic acids is 1. The van der Waals surface area contributed by atoms with E-state index in [2.05, 4.69) is 20.6 Å². The number of carboxylic acid groups (broad SMARTS) is 1. The van der Waals surface area contributed by atoms with Crippen LogP contribution >= 0.6 is 0 Å². The quantitative estimate of drug-likeness (QED) is 0.170. The standard InChI is InChI=1S/C33H31N7O7/c41-30(42)19-27(24-4-1-12-34-20-24)36-32(44)23-8-11-29(28(18-23)37-31(43)22-6-9-26(10-7-22)40(46)47)38-14-3-15-39(17-16-38)33(45)25-5-2-13-35-21-25/h1-2,4-13,18,20-21,27H,3,14-17,19H2,(H,36,44)(H,37,43)(H,41,42). The van der Waals surface area contributed by atoms with Crippen LogP contribution < -0.4 is 15.5 Å². The molecule has 1 fully saturated rings. The number of hydrogen-bond donors (Lipinski definition) is 3. The summed E-state index contributed by atoms with van der Waals surface area (Å²) in [5, 5.41) is 26.1. The lowest BCUT2D eigenvalue weighted by Gasteiger charge is -2.27.